The van der Waals surface area contributed by atoms with Gasteiger partial charge in [-0.25, -0.2) is 0 Å². The number of thioether (sulfide) groups is 1. The van der Waals surface area contributed by atoms with Gasteiger partial charge in [-0.2, -0.15) is 18.4 Å². The Kier molecular flexibility index (Phi) is 6.13. The molecule has 0 unspecified atom stereocenters. The van der Waals surface area contributed by atoms with Gasteiger partial charge >= 0.3 is 18.0 Å². The summed E-state index contributed by atoms with van der Waals surface area (Å²) in [5, 5.41) is 14.4. The molecule has 26 heavy (non-hydrogen) atoms. The van der Waals surface area contributed by atoms with E-state index in [1.165, 1.54) is 12.1 Å². The van der Waals surface area contributed by atoms with Crippen molar-refractivity contribution >= 4 is 46.6 Å². The van der Waals surface area contributed by atoms with E-state index in [1.807, 2.05) is 10.7 Å². The average Bonchev–Trinajstić information content (AvgIpc) is 2.57. The summed E-state index contributed by atoms with van der Waals surface area (Å²) in [4.78, 5) is 24.4. The van der Waals surface area contributed by atoms with Crippen molar-refractivity contribution in [1.29, 1.82) is 5.26 Å². The number of thiocyanates is 1. The van der Waals surface area contributed by atoms with Crippen LogP contribution in [0.5, 0.6) is 0 Å². The molecule has 2 N–H and O–H groups in total. The molecule has 0 saturated carbocycles. The summed E-state index contributed by atoms with van der Waals surface area (Å²) < 4.78 is 39.0. The minimum Gasteiger partial charge on any atom is -0.318 e. The van der Waals surface area contributed by atoms with E-state index in [1.54, 1.807) is 12.1 Å². The van der Waals surface area contributed by atoms with Crippen LogP contribution in [0.4, 0.5) is 24.5 Å². The van der Waals surface area contributed by atoms with E-state index in [0.717, 1.165) is 23.9 Å². The number of hydrogen-bond donors (Lipinski definition) is 2. The maximum atomic E-state index is 13.0. The van der Waals surface area contributed by atoms with Gasteiger partial charge in [0.05, 0.1) is 11.3 Å². The number of hydrogen-bond acceptors (Lipinski definition) is 4. The molecule has 0 saturated heterocycles. The number of benzene rings is 2. The Morgan fingerprint density at radius 2 is 1.65 bits per heavy atom. The predicted octanol–water partition coefficient (Wildman–Crippen LogP) is 4.51. The van der Waals surface area contributed by atoms with E-state index in [9.17, 15) is 22.8 Å². The van der Waals surface area contributed by atoms with Crippen molar-refractivity contribution in [3.63, 3.8) is 0 Å². The average molecular weight is 400 g/mol. The maximum Gasteiger partial charge on any atom is 0.418 e. The van der Waals surface area contributed by atoms with Gasteiger partial charge in [-0.15, -0.1) is 0 Å². The molecule has 0 atom stereocenters. The van der Waals surface area contributed by atoms with Crippen LogP contribution in [0.3, 0.4) is 0 Å². The van der Waals surface area contributed by atoms with Crippen molar-refractivity contribution in [3.05, 3.63) is 53.1 Å². The number of carbonyl (C=O) groups is 2. The molecule has 0 aliphatic heterocycles. The molecule has 2 aromatic carbocycles. The van der Waals surface area contributed by atoms with E-state index in [4.69, 9.17) is 16.9 Å². The van der Waals surface area contributed by atoms with E-state index < -0.39 is 29.2 Å². The smallest absolute Gasteiger partial charge is 0.318 e. The van der Waals surface area contributed by atoms with Gasteiger partial charge in [-0.3, -0.25) is 9.59 Å². The summed E-state index contributed by atoms with van der Waals surface area (Å²) in [6, 6.07) is 8.77. The van der Waals surface area contributed by atoms with Gasteiger partial charge < -0.3 is 10.6 Å². The molecular formula is C16H9ClF3N3O2S. The van der Waals surface area contributed by atoms with Crippen molar-refractivity contribution in [2.24, 2.45) is 0 Å². The highest BCUT2D eigenvalue weighted by Crippen LogP contribution is 2.36. The molecule has 0 radical (unpaired) electrons. The Morgan fingerprint density at radius 1 is 1.04 bits per heavy atom. The fraction of sp³-hybridized carbons (Fsp3) is 0.0625. The standard InChI is InChI=1S/C16H9ClF3N3O2S/c17-9-1-6-13(12(7-9)16(18,19)20)23-15(25)14(24)22-10-2-4-11(5-3-10)26-8-21/h1-7H,(H,22,24)(H,23,25). The number of rotatable bonds is 3. The first-order chi connectivity index (χ1) is 12.2. The maximum absolute atomic E-state index is 13.0. The minimum absolute atomic E-state index is 0.157. The summed E-state index contributed by atoms with van der Waals surface area (Å²) in [5.41, 5.74) is -1.49. The number of amides is 2. The molecule has 134 valence electrons. The number of nitrogens with zero attached hydrogens (tertiary/aromatic N) is 1. The normalized spacial score (nSPS) is 10.7. The van der Waals surface area contributed by atoms with Crippen molar-refractivity contribution < 1.29 is 22.8 Å². The highest BCUT2D eigenvalue weighted by molar-refractivity contribution is 8.03. The molecule has 0 aromatic heterocycles. The van der Waals surface area contributed by atoms with Gasteiger partial charge in [0.2, 0.25) is 0 Å². The number of nitrogens with one attached hydrogen (secondary N) is 2. The van der Waals surface area contributed by atoms with Gasteiger partial charge in [0.1, 0.15) is 5.40 Å². The number of carbonyl (C=O) groups excluding carboxylic acids is 2. The zero-order valence-electron chi connectivity index (χ0n) is 12.7. The van der Waals surface area contributed by atoms with Gasteiger partial charge in [0, 0.05) is 15.6 Å². The fourth-order valence-electron chi connectivity index (χ4n) is 1.89. The SMILES string of the molecule is N#CSc1ccc(NC(=O)C(=O)Nc2ccc(Cl)cc2C(F)(F)F)cc1. The number of alkyl halides is 3. The van der Waals surface area contributed by atoms with Crippen molar-refractivity contribution in [2.45, 2.75) is 11.1 Å². The van der Waals surface area contributed by atoms with Gasteiger partial charge in [0.25, 0.3) is 0 Å². The third-order valence-electron chi connectivity index (χ3n) is 3.02. The third-order valence-corrected chi connectivity index (χ3v) is 3.85. The van der Waals surface area contributed by atoms with Gasteiger partial charge in [-0.05, 0) is 54.2 Å². The van der Waals surface area contributed by atoms with E-state index in [0.29, 0.717) is 11.0 Å². The van der Waals surface area contributed by atoms with Crippen LogP contribution >= 0.6 is 23.4 Å². The Morgan fingerprint density at radius 3 is 2.23 bits per heavy atom. The lowest BCUT2D eigenvalue weighted by Crippen LogP contribution is -2.30. The van der Waals surface area contributed by atoms with Crippen LogP contribution in [0.2, 0.25) is 5.02 Å². The van der Waals surface area contributed by atoms with Crippen LogP contribution in [-0.4, -0.2) is 11.8 Å². The van der Waals surface area contributed by atoms with E-state index in [-0.39, 0.29) is 10.7 Å². The lowest BCUT2D eigenvalue weighted by atomic mass is 10.1. The summed E-state index contributed by atoms with van der Waals surface area (Å²) in [6.07, 6.45) is -4.75. The summed E-state index contributed by atoms with van der Waals surface area (Å²) in [6.45, 7) is 0. The highest BCUT2D eigenvalue weighted by Gasteiger charge is 2.34. The lowest BCUT2D eigenvalue weighted by molar-refractivity contribution is -0.137. The van der Waals surface area contributed by atoms with Gasteiger partial charge in [0.15, 0.2) is 0 Å². The molecule has 0 aliphatic carbocycles. The zero-order chi connectivity index (χ0) is 19.3. The fourth-order valence-corrected chi connectivity index (χ4v) is 2.44. The molecule has 0 fully saturated rings. The summed E-state index contributed by atoms with van der Waals surface area (Å²) >= 11 is 6.46. The lowest BCUT2D eigenvalue weighted by Gasteiger charge is -2.14. The third kappa shape index (κ3) is 5.15. The second-order valence-electron chi connectivity index (χ2n) is 4.81. The van der Waals surface area contributed by atoms with E-state index >= 15 is 0 Å². The Labute approximate surface area is 155 Å². The van der Waals surface area contributed by atoms with Crippen molar-refractivity contribution in [3.8, 4) is 5.40 Å². The second-order valence-corrected chi connectivity index (χ2v) is 6.11. The molecule has 10 heteroatoms. The van der Waals surface area contributed by atoms with Crippen LogP contribution in [-0.2, 0) is 15.8 Å². The summed E-state index contributed by atoms with van der Waals surface area (Å²) in [7, 11) is 0. The van der Waals surface area contributed by atoms with Gasteiger partial charge in [-0.1, -0.05) is 11.6 Å². The molecule has 0 spiro atoms. The van der Waals surface area contributed by atoms with Crippen molar-refractivity contribution in [1.82, 2.24) is 0 Å². The molecule has 2 amide bonds. The van der Waals surface area contributed by atoms with Crippen molar-refractivity contribution in [2.75, 3.05) is 10.6 Å². The number of anilines is 2. The first kappa shape index (κ1) is 19.6. The number of nitriles is 1. The Hall–Kier alpha value is -2.70. The van der Waals surface area contributed by atoms with Crippen LogP contribution < -0.4 is 10.6 Å². The molecule has 5 nitrogen and oxygen atoms in total. The topological polar surface area (TPSA) is 82.0 Å². The molecular weight excluding hydrogens is 391 g/mol. The first-order valence-electron chi connectivity index (χ1n) is 6.86. The number of halogens is 4. The van der Waals surface area contributed by atoms with Crippen LogP contribution in [0.15, 0.2) is 47.4 Å². The van der Waals surface area contributed by atoms with Crippen LogP contribution in [0, 0.1) is 10.7 Å². The monoisotopic (exact) mass is 399 g/mol. The molecule has 0 aliphatic rings. The Bertz CT molecular complexity index is 880. The Balaban J connectivity index is 2.10. The zero-order valence-corrected chi connectivity index (χ0v) is 14.3. The largest absolute Gasteiger partial charge is 0.418 e. The molecule has 2 aromatic rings. The second kappa shape index (κ2) is 8.12. The molecule has 0 heterocycles. The highest BCUT2D eigenvalue weighted by atomic mass is 35.5. The van der Waals surface area contributed by atoms with E-state index in [2.05, 4.69) is 5.32 Å². The summed E-state index contributed by atoms with van der Waals surface area (Å²) in [5.74, 6) is -2.41. The molecule has 0 bridgehead atoms. The predicted molar refractivity (Wildman–Crippen MR) is 91.6 cm³/mol. The van der Waals surface area contributed by atoms with Crippen LogP contribution in [0.25, 0.3) is 0 Å². The van der Waals surface area contributed by atoms with Crippen LogP contribution in [0.1, 0.15) is 5.56 Å². The minimum atomic E-state index is -4.75. The first-order valence-corrected chi connectivity index (χ1v) is 8.05. The molecule has 2 rings (SSSR count). The quantitative estimate of drug-likeness (QED) is 0.452.